The van der Waals surface area contributed by atoms with Crippen molar-refractivity contribution in [3.05, 3.63) is 17.5 Å². The molecule has 0 radical (unpaired) electrons. The molecule has 0 N–H and O–H groups in total. The van der Waals surface area contributed by atoms with Gasteiger partial charge in [-0.15, -0.1) is 0 Å². The SMILES string of the molecule is CC(=O)C1CCN(Cc2cc(C)no2)CC1. The summed E-state index contributed by atoms with van der Waals surface area (Å²) in [6.45, 7) is 6.38. The van der Waals surface area contributed by atoms with E-state index < -0.39 is 0 Å². The Morgan fingerprint density at radius 3 is 2.75 bits per heavy atom. The number of carbonyl (C=O) groups is 1. The molecule has 0 aliphatic carbocycles. The first kappa shape index (κ1) is 11.3. The first-order chi connectivity index (χ1) is 7.65. The Hall–Kier alpha value is -1.16. The van der Waals surface area contributed by atoms with Crippen molar-refractivity contribution in [3.8, 4) is 0 Å². The van der Waals surface area contributed by atoms with Crippen LogP contribution >= 0.6 is 0 Å². The number of piperidine rings is 1. The van der Waals surface area contributed by atoms with Crippen molar-refractivity contribution in [2.45, 2.75) is 33.2 Å². The van der Waals surface area contributed by atoms with Gasteiger partial charge in [-0.3, -0.25) is 9.69 Å². The van der Waals surface area contributed by atoms with Crippen LogP contribution in [0, 0.1) is 12.8 Å². The van der Waals surface area contributed by atoms with Gasteiger partial charge in [0.1, 0.15) is 5.78 Å². The summed E-state index contributed by atoms with van der Waals surface area (Å²) < 4.78 is 5.18. The minimum atomic E-state index is 0.271. The lowest BCUT2D eigenvalue weighted by molar-refractivity contribution is -0.122. The van der Waals surface area contributed by atoms with E-state index in [-0.39, 0.29) is 5.92 Å². The molecule has 16 heavy (non-hydrogen) atoms. The summed E-state index contributed by atoms with van der Waals surface area (Å²) in [6.07, 6.45) is 1.95. The molecule has 1 aromatic heterocycles. The predicted molar refractivity (Wildman–Crippen MR) is 59.9 cm³/mol. The first-order valence-corrected chi connectivity index (χ1v) is 5.80. The monoisotopic (exact) mass is 222 g/mol. The third kappa shape index (κ3) is 2.70. The minimum Gasteiger partial charge on any atom is -0.360 e. The molecule has 88 valence electrons. The summed E-state index contributed by atoms with van der Waals surface area (Å²) in [6, 6.07) is 1.97. The van der Waals surface area contributed by atoms with Gasteiger partial charge in [-0.2, -0.15) is 0 Å². The maximum Gasteiger partial charge on any atom is 0.150 e. The van der Waals surface area contributed by atoms with Crippen LogP contribution in [-0.4, -0.2) is 28.9 Å². The highest BCUT2D eigenvalue weighted by Gasteiger charge is 2.22. The van der Waals surface area contributed by atoms with Crippen LogP contribution in [0.15, 0.2) is 10.6 Å². The van der Waals surface area contributed by atoms with Crippen LogP contribution in [0.3, 0.4) is 0 Å². The van der Waals surface area contributed by atoms with Gasteiger partial charge in [-0.1, -0.05) is 5.16 Å². The third-order valence-electron chi connectivity index (χ3n) is 3.22. The van der Waals surface area contributed by atoms with Gasteiger partial charge in [0.25, 0.3) is 0 Å². The van der Waals surface area contributed by atoms with Gasteiger partial charge in [-0.25, -0.2) is 0 Å². The molecule has 0 spiro atoms. The fourth-order valence-electron chi connectivity index (χ4n) is 2.21. The van der Waals surface area contributed by atoms with Crippen LogP contribution in [-0.2, 0) is 11.3 Å². The Bertz CT molecular complexity index is 365. The molecule has 4 nitrogen and oxygen atoms in total. The lowest BCUT2D eigenvalue weighted by Crippen LogP contribution is -2.35. The number of carbonyl (C=O) groups excluding carboxylic acids is 1. The van der Waals surface area contributed by atoms with E-state index in [0.717, 1.165) is 43.9 Å². The third-order valence-corrected chi connectivity index (χ3v) is 3.22. The minimum absolute atomic E-state index is 0.271. The molecule has 2 rings (SSSR count). The number of aromatic nitrogens is 1. The molecule has 0 amide bonds. The highest BCUT2D eigenvalue weighted by Crippen LogP contribution is 2.19. The average molecular weight is 222 g/mol. The van der Waals surface area contributed by atoms with Crippen LogP contribution in [0.4, 0.5) is 0 Å². The highest BCUT2D eigenvalue weighted by molar-refractivity contribution is 5.78. The maximum atomic E-state index is 11.2. The highest BCUT2D eigenvalue weighted by atomic mass is 16.5. The number of rotatable bonds is 3. The predicted octanol–water partition coefficient (Wildman–Crippen LogP) is 1.78. The lowest BCUT2D eigenvalue weighted by Gasteiger charge is -2.29. The average Bonchev–Trinajstić information content (AvgIpc) is 2.65. The maximum absolute atomic E-state index is 11.2. The molecule has 1 saturated heterocycles. The normalized spacial score (nSPS) is 18.9. The standard InChI is InChI=1S/C12H18N2O2/c1-9-7-12(16-13-9)8-14-5-3-11(4-6-14)10(2)15/h7,11H,3-6,8H2,1-2H3. The second kappa shape index (κ2) is 4.78. The van der Waals surface area contributed by atoms with Crippen molar-refractivity contribution >= 4 is 5.78 Å². The smallest absolute Gasteiger partial charge is 0.150 e. The summed E-state index contributed by atoms with van der Waals surface area (Å²) in [7, 11) is 0. The molecular weight excluding hydrogens is 204 g/mol. The summed E-state index contributed by atoms with van der Waals surface area (Å²) in [5.74, 6) is 1.52. The molecule has 1 aliphatic heterocycles. The van der Waals surface area contributed by atoms with Crippen LogP contribution in [0.1, 0.15) is 31.2 Å². The van der Waals surface area contributed by atoms with E-state index in [1.165, 1.54) is 0 Å². The van der Waals surface area contributed by atoms with Crippen molar-refractivity contribution < 1.29 is 9.32 Å². The zero-order valence-corrected chi connectivity index (χ0v) is 9.90. The van der Waals surface area contributed by atoms with Crippen LogP contribution < -0.4 is 0 Å². The van der Waals surface area contributed by atoms with E-state index in [2.05, 4.69) is 10.1 Å². The van der Waals surface area contributed by atoms with Gasteiger partial charge in [0.15, 0.2) is 5.76 Å². The first-order valence-electron chi connectivity index (χ1n) is 5.80. The van der Waals surface area contributed by atoms with E-state index in [0.29, 0.717) is 5.78 Å². The number of likely N-dealkylation sites (tertiary alicyclic amines) is 1. The zero-order chi connectivity index (χ0) is 11.5. The van der Waals surface area contributed by atoms with Crippen molar-refractivity contribution in [2.24, 2.45) is 5.92 Å². The fourth-order valence-corrected chi connectivity index (χ4v) is 2.21. The Morgan fingerprint density at radius 1 is 1.56 bits per heavy atom. The molecule has 1 aliphatic rings. The van der Waals surface area contributed by atoms with E-state index >= 15 is 0 Å². The Balaban J connectivity index is 1.83. The molecule has 0 bridgehead atoms. The van der Waals surface area contributed by atoms with Crippen molar-refractivity contribution in [1.82, 2.24) is 10.1 Å². The summed E-state index contributed by atoms with van der Waals surface area (Å²) >= 11 is 0. The summed E-state index contributed by atoms with van der Waals surface area (Å²) in [5, 5.41) is 3.87. The van der Waals surface area contributed by atoms with Crippen molar-refractivity contribution in [3.63, 3.8) is 0 Å². The van der Waals surface area contributed by atoms with Crippen LogP contribution in [0.2, 0.25) is 0 Å². The number of ketones is 1. The number of aryl methyl sites for hydroxylation is 1. The van der Waals surface area contributed by atoms with E-state index in [1.807, 2.05) is 13.0 Å². The molecular formula is C12H18N2O2. The van der Waals surface area contributed by atoms with Crippen molar-refractivity contribution in [2.75, 3.05) is 13.1 Å². The molecule has 0 atom stereocenters. The molecule has 4 heteroatoms. The van der Waals surface area contributed by atoms with Crippen molar-refractivity contribution in [1.29, 1.82) is 0 Å². The van der Waals surface area contributed by atoms with Gasteiger partial charge < -0.3 is 4.52 Å². The fraction of sp³-hybridized carbons (Fsp3) is 0.667. The Morgan fingerprint density at radius 2 is 2.25 bits per heavy atom. The van der Waals surface area contributed by atoms with Gasteiger partial charge in [0.05, 0.1) is 12.2 Å². The van der Waals surface area contributed by atoms with Gasteiger partial charge in [-0.05, 0) is 39.8 Å². The number of hydrogen-bond acceptors (Lipinski definition) is 4. The number of hydrogen-bond donors (Lipinski definition) is 0. The van der Waals surface area contributed by atoms with Gasteiger partial charge in [0.2, 0.25) is 0 Å². The van der Waals surface area contributed by atoms with E-state index in [9.17, 15) is 4.79 Å². The zero-order valence-electron chi connectivity index (χ0n) is 9.90. The second-order valence-corrected chi connectivity index (χ2v) is 4.60. The Labute approximate surface area is 95.6 Å². The summed E-state index contributed by atoms with van der Waals surface area (Å²) in [4.78, 5) is 13.5. The molecule has 0 aromatic carbocycles. The molecule has 2 heterocycles. The van der Waals surface area contributed by atoms with E-state index in [4.69, 9.17) is 4.52 Å². The second-order valence-electron chi connectivity index (χ2n) is 4.60. The van der Waals surface area contributed by atoms with Crippen LogP contribution in [0.5, 0.6) is 0 Å². The quantitative estimate of drug-likeness (QED) is 0.782. The van der Waals surface area contributed by atoms with Gasteiger partial charge in [0, 0.05) is 12.0 Å². The molecule has 0 saturated carbocycles. The molecule has 0 unspecified atom stereocenters. The number of Topliss-reactive ketones (excluding diaryl/α,β-unsaturated/α-hetero) is 1. The molecule has 1 aromatic rings. The number of nitrogens with zero attached hydrogens (tertiary/aromatic N) is 2. The largest absolute Gasteiger partial charge is 0.360 e. The van der Waals surface area contributed by atoms with Crippen LogP contribution in [0.25, 0.3) is 0 Å². The Kier molecular flexibility index (Phi) is 3.39. The molecule has 1 fully saturated rings. The topological polar surface area (TPSA) is 46.3 Å². The lowest BCUT2D eigenvalue weighted by atomic mass is 9.93. The van der Waals surface area contributed by atoms with Gasteiger partial charge >= 0.3 is 0 Å². The summed E-state index contributed by atoms with van der Waals surface area (Å²) in [5.41, 5.74) is 0.925. The van der Waals surface area contributed by atoms with E-state index in [1.54, 1.807) is 6.92 Å².